The van der Waals surface area contributed by atoms with Gasteiger partial charge in [-0.25, -0.2) is 0 Å². The predicted molar refractivity (Wildman–Crippen MR) is 51.4 cm³/mol. The molecule has 0 spiro atoms. The maximum atomic E-state index is 11.7. The summed E-state index contributed by atoms with van der Waals surface area (Å²) in [5.41, 5.74) is 0. The van der Waals surface area contributed by atoms with E-state index in [1.165, 1.54) is 0 Å². The largest absolute Gasteiger partial charge is 0.375 e. The van der Waals surface area contributed by atoms with Crippen LogP contribution in [0.5, 0.6) is 0 Å². The van der Waals surface area contributed by atoms with Gasteiger partial charge in [0.25, 0.3) is 0 Å². The number of ether oxygens (including phenoxy) is 1. The Bertz CT molecular complexity index is 191. The summed E-state index contributed by atoms with van der Waals surface area (Å²) in [6.45, 7) is 9.32. The van der Waals surface area contributed by atoms with Gasteiger partial charge in [-0.05, 0) is 13.8 Å². The van der Waals surface area contributed by atoms with E-state index in [1.807, 2.05) is 32.6 Å². The van der Waals surface area contributed by atoms with Crippen LogP contribution in [0, 0.1) is 5.92 Å². The molecule has 1 aliphatic rings. The highest BCUT2D eigenvalue weighted by atomic mass is 16.5. The van der Waals surface area contributed by atoms with Crippen molar-refractivity contribution in [2.45, 2.75) is 39.8 Å². The van der Waals surface area contributed by atoms with Gasteiger partial charge in [0.2, 0.25) is 5.91 Å². The molecule has 1 saturated heterocycles. The summed E-state index contributed by atoms with van der Waals surface area (Å²) >= 11 is 0. The minimum Gasteiger partial charge on any atom is -0.375 e. The van der Waals surface area contributed by atoms with Gasteiger partial charge < -0.3 is 9.64 Å². The lowest BCUT2D eigenvalue weighted by Crippen LogP contribution is -2.51. The molecule has 0 bridgehead atoms. The molecule has 0 aromatic rings. The van der Waals surface area contributed by atoms with Crippen LogP contribution in [0.2, 0.25) is 0 Å². The van der Waals surface area contributed by atoms with Crippen LogP contribution in [-0.2, 0) is 9.53 Å². The Balaban J connectivity index is 2.60. The molecular formula is C10H19NO2. The summed E-state index contributed by atoms with van der Waals surface area (Å²) in [6.07, 6.45) is 0.180. The van der Waals surface area contributed by atoms with Gasteiger partial charge in [-0.2, -0.15) is 0 Å². The molecule has 1 amide bonds. The Morgan fingerprint density at radius 3 is 2.62 bits per heavy atom. The minimum atomic E-state index is 0.0905. The fourth-order valence-corrected chi connectivity index (χ4v) is 1.54. The lowest BCUT2D eigenvalue weighted by atomic mass is 10.1. The van der Waals surface area contributed by atoms with Crippen molar-refractivity contribution in [1.29, 1.82) is 0 Å². The molecular weight excluding hydrogens is 166 g/mol. The topological polar surface area (TPSA) is 29.5 Å². The zero-order chi connectivity index (χ0) is 10.0. The third-order valence-electron chi connectivity index (χ3n) is 2.38. The highest BCUT2D eigenvalue weighted by Crippen LogP contribution is 2.14. The van der Waals surface area contributed by atoms with Crippen LogP contribution in [-0.4, -0.2) is 36.1 Å². The van der Waals surface area contributed by atoms with Crippen LogP contribution in [0.1, 0.15) is 27.7 Å². The maximum Gasteiger partial charge on any atom is 0.225 e. The summed E-state index contributed by atoms with van der Waals surface area (Å²) in [4.78, 5) is 13.7. The molecule has 1 aliphatic heterocycles. The van der Waals surface area contributed by atoms with Crippen molar-refractivity contribution >= 4 is 5.91 Å². The van der Waals surface area contributed by atoms with Crippen LogP contribution in [0.15, 0.2) is 0 Å². The third-order valence-corrected chi connectivity index (χ3v) is 2.38. The number of morpholine rings is 1. The molecule has 0 radical (unpaired) electrons. The second-order valence-corrected chi connectivity index (χ2v) is 4.14. The van der Waals surface area contributed by atoms with Crippen LogP contribution in [0.25, 0.3) is 0 Å². The Kier molecular flexibility index (Phi) is 3.31. The van der Waals surface area contributed by atoms with Gasteiger partial charge in [-0.3, -0.25) is 4.79 Å². The molecule has 13 heavy (non-hydrogen) atoms. The molecule has 3 nitrogen and oxygen atoms in total. The first kappa shape index (κ1) is 10.5. The summed E-state index contributed by atoms with van der Waals surface area (Å²) in [5, 5.41) is 0. The highest BCUT2D eigenvalue weighted by molar-refractivity contribution is 5.78. The second-order valence-electron chi connectivity index (χ2n) is 4.14. The van der Waals surface area contributed by atoms with Gasteiger partial charge in [0.15, 0.2) is 0 Å². The van der Waals surface area contributed by atoms with E-state index in [4.69, 9.17) is 4.74 Å². The van der Waals surface area contributed by atoms with E-state index >= 15 is 0 Å². The summed E-state index contributed by atoms with van der Waals surface area (Å²) in [5.74, 6) is 0.329. The van der Waals surface area contributed by atoms with E-state index in [9.17, 15) is 4.79 Å². The number of rotatable bonds is 1. The summed E-state index contributed by atoms with van der Waals surface area (Å²) in [7, 11) is 0. The van der Waals surface area contributed by atoms with E-state index in [-0.39, 0.29) is 24.0 Å². The second kappa shape index (κ2) is 4.09. The molecule has 1 rings (SSSR count). The Hall–Kier alpha value is -0.570. The fraction of sp³-hybridized carbons (Fsp3) is 0.900. The van der Waals surface area contributed by atoms with Crippen LogP contribution in [0.3, 0.4) is 0 Å². The van der Waals surface area contributed by atoms with E-state index in [0.717, 1.165) is 6.54 Å². The zero-order valence-corrected chi connectivity index (χ0v) is 8.91. The van der Waals surface area contributed by atoms with E-state index in [0.29, 0.717) is 6.61 Å². The Morgan fingerprint density at radius 2 is 2.08 bits per heavy atom. The third kappa shape index (κ3) is 2.44. The standard InChI is InChI=1S/C10H19NO2/c1-7(2)10(12)11-5-9(4)13-6-8(11)3/h7-9H,5-6H2,1-4H3/t8-,9-/m0/s1. The Labute approximate surface area is 80.1 Å². The van der Waals surface area contributed by atoms with Crippen molar-refractivity contribution < 1.29 is 9.53 Å². The van der Waals surface area contributed by atoms with Crippen molar-refractivity contribution in [3.8, 4) is 0 Å². The molecule has 0 saturated carbocycles. The minimum absolute atomic E-state index is 0.0905. The van der Waals surface area contributed by atoms with Crippen molar-refractivity contribution in [1.82, 2.24) is 4.90 Å². The van der Waals surface area contributed by atoms with E-state index in [2.05, 4.69) is 0 Å². The molecule has 0 aliphatic carbocycles. The number of carbonyl (C=O) groups excluding carboxylic acids is 1. The average Bonchev–Trinajstić information content (AvgIpc) is 2.08. The molecule has 1 fully saturated rings. The van der Waals surface area contributed by atoms with Crippen molar-refractivity contribution in [2.75, 3.05) is 13.2 Å². The first-order valence-corrected chi connectivity index (χ1v) is 4.94. The molecule has 3 heteroatoms. The summed E-state index contributed by atoms with van der Waals surface area (Å²) in [6, 6.07) is 0.228. The average molecular weight is 185 g/mol. The molecule has 0 aromatic heterocycles. The zero-order valence-electron chi connectivity index (χ0n) is 8.91. The van der Waals surface area contributed by atoms with Gasteiger partial charge in [0.05, 0.1) is 18.8 Å². The SMILES string of the molecule is CC(C)C(=O)N1C[C@H](C)OC[C@@H]1C. The monoisotopic (exact) mass is 185 g/mol. The number of hydrogen-bond acceptors (Lipinski definition) is 2. The van der Waals surface area contributed by atoms with Crippen LogP contribution in [0.4, 0.5) is 0 Å². The highest BCUT2D eigenvalue weighted by Gasteiger charge is 2.28. The summed E-state index contributed by atoms with van der Waals surface area (Å²) < 4.78 is 5.46. The van der Waals surface area contributed by atoms with E-state index in [1.54, 1.807) is 0 Å². The maximum absolute atomic E-state index is 11.7. The Morgan fingerprint density at radius 1 is 1.46 bits per heavy atom. The van der Waals surface area contributed by atoms with Crippen molar-refractivity contribution in [3.05, 3.63) is 0 Å². The predicted octanol–water partition coefficient (Wildman–Crippen LogP) is 1.28. The normalized spacial score (nSPS) is 29.5. The van der Waals surface area contributed by atoms with Crippen molar-refractivity contribution in [2.24, 2.45) is 5.92 Å². The molecule has 0 aromatic carbocycles. The van der Waals surface area contributed by atoms with Gasteiger partial charge in [-0.15, -0.1) is 0 Å². The van der Waals surface area contributed by atoms with E-state index < -0.39 is 0 Å². The first-order chi connectivity index (χ1) is 6.02. The van der Waals surface area contributed by atoms with Crippen LogP contribution < -0.4 is 0 Å². The molecule has 76 valence electrons. The molecule has 0 N–H and O–H groups in total. The quantitative estimate of drug-likeness (QED) is 0.616. The molecule has 0 unspecified atom stereocenters. The lowest BCUT2D eigenvalue weighted by molar-refractivity contribution is -0.146. The van der Waals surface area contributed by atoms with Gasteiger partial charge in [0, 0.05) is 12.5 Å². The smallest absolute Gasteiger partial charge is 0.225 e. The number of carbonyl (C=O) groups is 1. The van der Waals surface area contributed by atoms with Gasteiger partial charge >= 0.3 is 0 Å². The fourth-order valence-electron chi connectivity index (χ4n) is 1.54. The lowest BCUT2D eigenvalue weighted by Gasteiger charge is -2.37. The van der Waals surface area contributed by atoms with Crippen LogP contribution >= 0.6 is 0 Å². The molecule has 1 heterocycles. The molecule has 2 atom stereocenters. The first-order valence-electron chi connectivity index (χ1n) is 4.94. The number of nitrogens with zero attached hydrogens (tertiary/aromatic N) is 1. The van der Waals surface area contributed by atoms with Crippen molar-refractivity contribution in [3.63, 3.8) is 0 Å². The van der Waals surface area contributed by atoms with Gasteiger partial charge in [-0.1, -0.05) is 13.8 Å². The number of amides is 1. The van der Waals surface area contributed by atoms with Gasteiger partial charge in [0.1, 0.15) is 0 Å². The number of hydrogen-bond donors (Lipinski definition) is 0.